The first kappa shape index (κ1) is 21.6. The second-order valence-electron chi connectivity index (χ2n) is 5.93. The van der Waals surface area contributed by atoms with Crippen LogP contribution >= 0.6 is 22.9 Å². The molecule has 3 amide bonds. The SMILES string of the molecule is CCOC(=O)OC(C)O/C(=C1/C(=O)N(C(N)=O)c2cc(Cl)c(F)cc21)c1cccs1. The van der Waals surface area contributed by atoms with Crippen LogP contribution < -0.4 is 10.6 Å². The summed E-state index contributed by atoms with van der Waals surface area (Å²) in [5.74, 6) is -1.64. The van der Waals surface area contributed by atoms with Gasteiger partial charge in [0.2, 0.25) is 6.29 Å². The molecule has 0 saturated heterocycles. The lowest BCUT2D eigenvalue weighted by Gasteiger charge is -2.18. The molecule has 8 nitrogen and oxygen atoms in total. The van der Waals surface area contributed by atoms with Crippen LogP contribution in [0.2, 0.25) is 5.02 Å². The van der Waals surface area contributed by atoms with E-state index in [9.17, 15) is 18.8 Å². The van der Waals surface area contributed by atoms with Crippen LogP contribution in [0.5, 0.6) is 0 Å². The van der Waals surface area contributed by atoms with Gasteiger partial charge in [0.25, 0.3) is 5.91 Å². The van der Waals surface area contributed by atoms with E-state index in [0.29, 0.717) is 9.78 Å². The van der Waals surface area contributed by atoms with E-state index in [1.807, 2.05) is 0 Å². The molecule has 0 spiro atoms. The molecule has 0 radical (unpaired) electrons. The van der Waals surface area contributed by atoms with E-state index in [1.54, 1.807) is 24.4 Å². The average Bonchev–Trinajstić information content (AvgIpc) is 3.27. The summed E-state index contributed by atoms with van der Waals surface area (Å²) < 4.78 is 29.6. The zero-order chi connectivity index (χ0) is 22.0. The number of rotatable bonds is 5. The smallest absolute Gasteiger partial charge is 0.453 e. The highest BCUT2D eigenvalue weighted by molar-refractivity contribution is 7.11. The summed E-state index contributed by atoms with van der Waals surface area (Å²) in [6.07, 6.45) is -2.13. The number of nitrogens with two attached hydrogens (primary N) is 1. The number of anilines is 1. The van der Waals surface area contributed by atoms with Crippen molar-refractivity contribution in [3.63, 3.8) is 0 Å². The lowest BCUT2D eigenvalue weighted by atomic mass is 10.0. The quantitative estimate of drug-likeness (QED) is 0.311. The van der Waals surface area contributed by atoms with Crippen LogP contribution in [0.15, 0.2) is 29.6 Å². The number of amides is 3. The molecule has 158 valence electrons. The number of halogens is 2. The highest BCUT2D eigenvalue weighted by Gasteiger charge is 2.40. The maximum absolute atomic E-state index is 14.2. The standard InChI is InChI=1S/C19H16ClFN2O6S/c1-3-27-19(26)29-9(2)28-16(14-5-4-6-30-14)15-10-7-12(21)11(20)8-13(10)23(17(15)24)18(22)25/h4-9H,3H2,1-2H3,(H2,22,25)/b16-15+. The van der Waals surface area contributed by atoms with Gasteiger partial charge >= 0.3 is 12.2 Å². The Kier molecular flexibility index (Phi) is 6.28. The van der Waals surface area contributed by atoms with Crippen molar-refractivity contribution in [2.24, 2.45) is 5.73 Å². The van der Waals surface area contributed by atoms with Crippen molar-refractivity contribution in [3.8, 4) is 0 Å². The van der Waals surface area contributed by atoms with Crippen LogP contribution in [0.1, 0.15) is 24.3 Å². The molecule has 3 rings (SSSR count). The number of thiophene rings is 1. The van der Waals surface area contributed by atoms with Crippen LogP contribution in [-0.2, 0) is 19.0 Å². The average molecular weight is 455 g/mol. The van der Waals surface area contributed by atoms with E-state index in [1.165, 1.54) is 18.3 Å². The van der Waals surface area contributed by atoms with Crippen molar-refractivity contribution in [2.45, 2.75) is 20.1 Å². The van der Waals surface area contributed by atoms with Crippen LogP contribution in [0.25, 0.3) is 11.3 Å². The van der Waals surface area contributed by atoms with Gasteiger partial charge < -0.3 is 19.9 Å². The number of urea groups is 1. The molecule has 1 unspecified atom stereocenters. The minimum Gasteiger partial charge on any atom is -0.453 e. The summed E-state index contributed by atoms with van der Waals surface area (Å²) in [6, 6.07) is 4.43. The molecule has 1 atom stereocenters. The minimum atomic E-state index is -1.16. The number of ether oxygens (including phenoxy) is 3. The van der Waals surface area contributed by atoms with Gasteiger partial charge in [-0.3, -0.25) is 4.79 Å². The lowest BCUT2D eigenvalue weighted by molar-refractivity contribution is -0.112. The maximum Gasteiger partial charge on any atom is 0.511 e. The summed E-state index contributed by atoms with van der Waals surface area (Å²) in [5, 5.41) is 1.44. The Morgan fingerprint density at radius 2 is 2.07 bits per heavy atom. The monoisotopic (exact) mass is 454 g/mol. The molecule has 1 aliphatic heterocycles. The Morgan fingerprint density at radius 1 is 1.33 bits per heavy atom. The van der Waals surface area contributed by atoms with E-state index >= 15 is 0 Å². The summed E-state index contributed by atoms with van der Waals surface area (Å²) in [5.41, 5.74) is 5.31. The van der Waals surface area contributed by atoms with Gasteiger partial charge in [0.15, 0.2) is 5.76 Å². The van der Waals surface area contributed by atoms with Crippen LogP contribution in [0.4, 0.5) is 19.7 Å². The third-order valence-corrected chi connectivity index (χ3v) is 5.12. The number of fused-ring (bicyclic) bond motifs is 1. The van der Waals surface area contributed by atoms with Gasteiger partial charge in [-0.25, -0.2) is 18.9 Å². The molecule has 2 N–H and O–H groups in total. The van der Waals surface area contributed by atoms with Crippen molar-refractivity contribution < 1.29 is 33.0 Å². The highest BCUT2D eigenvalue weighted by atomic mass is 35.5. The first-order valence-electron chi connectivity index (χ1n) is 8.66. The molecule has 1 aromatic carbocycles. The zero-order valence-corrected chi connectivity index (χ0v) is 17.4. The molecule has 0 bridgehead atoms. The number of hydrogen-bond acceptors (Lipinski definition) is 7. The van der Waals surface area contributed by atoms with E-state index in [2.05, 4.69) is 0 Å². The number of nitrogens with zero attached hydrogens (tertiary/aromatic N) is 1. The van der Waals surface area contributed by atoms with Gasteiger partial charge in [0, 0.05) is 12.5 Å². The van der Waals surface area contributed by atoms with Gasteiger partial charge in [-0.2, -0.15) is 0 Å². The number of carbonyl (C=O) groups excluding carboxylic acids is 3. The van der Waals surface area contributed by atoms with Gasteiger partial charge in [0.05, 0.1) is 27.8 Å². The van der Waals surface area contributed by atoms with Crippen molar-refractivity contribution in [1.29, 1.82) is 0 Å². The van der Waals surface area contributed by atoms with Gasteiger partial charge in [-0.1, -0.05) is 17.7 Å². The molecule has 2 aromatic rings. The normalized spacial score (nSPS) is 15.5. The molecular formula is C19H16ClFN2O6S. The van der Waals surface area contributed by atoms with Crippen molar-refractivity contribution in [1.82, 2.24) is 0 Å². The Labute approximate surface area is 179 Å². The fraction of sp³-hybridized carbons (Fsp3) is 0.211. The Hall–Kier alpha value is -3.11. The second kappa shape index (κ2) is 8.72. The topological polar surface area (TPSA) is 108 Å². The molecule has 1 aliphatic rings. The number of carbonyl (C=O) groups is 3. The predicted octanol–water partition coefficient (Wildman–Crippen LogP) is 4.37. The molecule has 0 saturated carbocycles. The zero-order valence-electron chi connectivity index (χ0n) is 15.8. The molecule has 2 heterocycles. The van der Waals surface area contributed by atoms with Crippen LogP contribution in [-0.4, -0.2) is 31.0 Å². The summed E-state index contributed by atoms with van der Waals surface area (Å²) >= 11 is 7.05. The fourth-order valence-electron chi connectivity index (χ4n) is 2.82. The van der Waals surface area contributed by atoms with Crippen molar-refractivity contribution >= 4 is 58.1 Å². The first-order valence-corrected chi connectivity index (χ1v) is 9.91. The van der Waals surface area contributed by atoms with E-state index in [0.717, 1.165) is 12.1 Å². The maximum atomic E-state index is 14.2. The molecule has 30 heavy (non-hydrogen) atoms. The second-order valence-corrected chi connectivity index (χ2v) is 7.28. The summed E-state index contributed by atoms with van der Waals surface area (Å²) in [6.45, 7) is 3.13. The number of hydrogen-bond donors (Lipinski definition) is 1. The summed E-state index contributed by atoms with van der Waals surface area (Å²) in [7, 11) is 0. The Morgan fingerprint density at radius 3 is 2.67 bits per heavy atom. The Bertz CT molecular complexity index is 1040. The van der Waals surface area contributed by atoms with Gasteiger partial charge in [0.1, 0.15) is 5.82 Å². The Balaban J connectivity index is 2.15. The highest BCUT2D eigenvalue weighted by Crippen LogP contribution is 2.44. The molecule has 11 heteroatoms. The minimum absolute atomic E-state index is 0.0153. The number of imide groups is 1. The first-order chi connectivity index (χ1) is 14.2. The van der Waals surface area contributed by atoms with E-state index in [4.69, 9.17) is 31.5 Å². The van der Waals surface area contributed by atoms with Crippen molar-refractivity contribution in [3.05, 3.63) is 50.9 Å². The van der Waals surface area contributed by atoms with Gasteiger partial charge in [-0.05, 0) is 30.5 Å². The van der Waals surface area contributed by atoms with Gasteiger partial charge in [-0.15, -0.1) is 11.3 Å². The van der Waals surface area contributed by atoms with Crippen molar-refractivity contribution in [2.75, 3.05) is 11.5 Å². The fourth-order valence-corrected chi connectivity index (χ4v) is 3.70. The molecule has 1 aromatic heterocycles. The molecule has 0 fully saturated rings. The van der Waals surface area contributed by atoms with Crippen LogP contribution in [0, 0.1) is 5.82 Å². The largest absolute Gasteiger partial charge is 0.511 e. The predicted molar refractivity (Wildman–Crippen MR) is 108 cm³/mol. The third-order valence-electron chi connectivity index (χ3n) is 3.97. The lowest BCUT2D eigenvalue weighted by Crippen LogP contribution is -2.38. The summed E-state index contributed by atoms with van der Waals surface area (Å²) in [4.78, 5) is 37.7. The molecule has 0 aliphatic carbocycles. The van der Waals surface area contributed by atoms with E-state index in [-0.39, 0.29) is 34.2 Å². The third kappa shape index (κ3) is 4.10. The number of primary amides is 1. The number of benzene rings is 1. The van der Waals surface area contributed by atoms with E-state index < -0.39 is 30.2 Å². The van der Waals surface area contributed by atoms with Crippen LogP contribution in [0.3, 0.4) is 0 Å². The molecular weight excluding hydrogens is 439 g/mol.